The topological polar surface area (TPSA) is 28.2 Å². The molecule has 1 aromatic heterocycles. The number of pyridine rings is 1. The Morgan fingerprint density at radius 2 is 1.81 bits per heavy atom. The summed E-state index contributed by atoms with van der Waals surface area (Å²) in [6.07, 6.45) is 0. The summed E-state index contributed by atoms with van der Waals surface area (Å²) in [6.45, 7) is 6.24. The summed E-state index contributed by atoms with van der Waals surface area (Å²) in [5, 5.41) is 3.42. The second-order valence-electron chi connectivity index (χ2n) is 5.44. The Labute approximate surface area is 134 Å². The fourth-order valence-electron chi connectivity index (χ4n) is 2.87. The summed E-state index contributed by atoms with van der Waals surface area (Å²) in [5.41, 5.74) is 3.52. The average Bonchev–Trinajstić information content (AvgIpc) is 2.51. The molecule has 2 heterocycles. The Morgan fingerprint density at radius 1 is 1.10 bits per heavy atom. The zero-order valence-corrected chi connectivity index (χ0v) is 13.8. The number of hydrogen-bond acceptors (Lipinski definition) is 3. The first-order valence-electron chi connectivity index (χ1n) is 7.38. The quantitative estimate of drug-likeness (QED) is 0.926. The van der Waals surface area contributed by atoms with Gasteiger partial charge in [0.05, 0.1) is 11.7 Å². The number of nitrogens with one attached hydrogen (secondary N) is 1. The van der Waals surface area contributed by atoms with Crippen LogP contribution in [0.4, 0.5) is 0 Å². The highest BCUT2D eigenvalue weighted by Crippen LogP contribution is 2.28. The van der Waals surface area contributed by atoms with E-state index in [4.69, 9.17) is 4.98 Å². The molecule has 0 radical (unpaired) electrons. The van der Waals surface area contributed by atoms with Crippen LogP contribution in [0, 0.1) is 6.92 Å². The number of rotatable bonds is 3. The fourth-order valence-corrected chi connectivity index (χ4v) is 3.13. The number of aromatic nitrogens is 1. The van der Waals surface area contributed by atoms with E-state index in [-0.39, 0.29) is 6.04 Å². The monoisotopic (exact) mass is 345 g/mol. The van der Waals surface area contributed by atoms with Crippen LogP contribution in [-0.2, 0) is 0 Å². The van der Waals surface area contributed by atoms with Gasteiger partial charge in [-0.05, 0) is 36.8 Å². The summed E-state index contributed by atoms with van der Waals surface area (Å²) >= 11 is 3.52. The van der Waals surface area contributed by atoms with Crippen molar-refractivity contribution in [2.75, 3.05) is 26.2 Å². The minimum atomic E-state index is 0.236. The number of hydrogen-bond donors (Lipinski definition) is 1. The van der Waals surface area contributed by atoms with Gasteiger partial charge in [-0.3, -0.25) is 9.88 Å². The van der Waals surface area contributed by atoms with E-state index in [9.17, 15) is 0 Å². The van der Waals surface area contributed by atoms with Gasteiger partial charge in [-0.1, -0.05) is 34.1 Å². The lowest BCUT2D eigenvalue weighted by atomic mass is 10.0. The van der Waals surface area contributed by atoms with E-state index < -0.39 is 0 Å². The normalized spacial score (nSPS) is 17.6. The van der Waals surface area contributed by atoms with Crippen molar-refractivity contribution in [2.24, 2.45) is 0 Å². The van der Waals surface area contributed by atoms with Gasteiger partial charge < -0.3 is 5.32 Å². The Morgan fingerprint density at radius 3 is 2.48 bits per heavy atom. The maximum Gasteiger partial charge on any atom is 0.0777 e. The van der Waals surface area contributed by atoms with Gasteiger partial charge in [-0.2, -0.15) is 0 Å². The molecular formula is C17H20BrN3. The first kappa shape index (κ1) is 14.7. The van der Waals surface area contributed by atoms with Gasteiger partial charge in [-0.15, -0.1) is 0 Å². The molecule has 0 saturated carbocycles. The standard InChI is InChI=1S/C17H20BrN3/c1-13-3-2-4-16(20-13)17(21-11-9-19-10-12-21)14-5-7-15(18)8-6-14/h2-8,17,19H,9-12H2,1H3. The number of piperazine rings is 1. The highest BCUT2D eigenvalue weighted by atomic mass is 79.9. The lowest BCUT2D eigenvalue weighted by Gasteiger charge is -2.35. The molecule has 1 unspecified atom stereocenters. The van der Waals surface area contributed by atoms with E-state index in [1.807, 2.05) is 0 Å². The Bertz CT molecular complexity index is 591. The van der Waals surface area contributed by atoms with Crippen molar-refractivity contribution in [3.8, 4) is 0 Å². The Kier molecular flexibility index (Phi) is 4.68. The zero-order chi connectivity index (χ0) is 14.7. The predicted molar refractivity (Wildman–Crippen MR) is 89.4 cm³/mol. The largest absolute Gasteiger partial charge is 0.314 e. The summed E-state index contributed by atoms with van der Waals surface area (Å²) < 4.78 is 1.11. The van der Waals surface area contributed by atoms with E-state index in [0.29, 0.717) is 0 Å². The first-order chi connectivity index (χ1) is 10.2. The second kappa shape index (κ2) is 6.69. The molecule has 3 rings (SSSR count). The summed E-state index contributed by atoms with van der Waals surface area (Å²) in [6, 6.07) is 15.1. The third-order valence-electron chi connectivity index (χ3n) is 3.89. The Balaban J connectivity index is 1.99. The van der Waals surface area contributed by atoms with E-state index in [1.165, 1.54) is 5.56 Å². The SMILES string of the molecule is Cc1cccc(C(c2ccc(Br)cc2)N2CCNCC2)n1. The van der Waals surface area contributed by atoms with Crippen LogP contribution in [0.1, 0.15) is 23.0 Å². The third kappa shape index (κ3) is 3.51. The highest BCUT2D eigenvalue weighted by Gasteiger charge is 2.24. The van der Waals surface area contributed by atoms with Crippen molar-refractivity contribution < 1.29 is 0 Å². The summed E-state index contributed by atoms with van der Waals surface area (Å²) in [7, 11) is 0. The molecule has 21 heavy (non-hydrogen) atoms. The van der Waals surface area contributed by atoms with Crippen molar-refractivity contribution in [1.82, 2.24) is 15.2 Å². The molecule has 1 aliphatic rings. The molecule has 0 bridgehead atoms. The van der Waals surface area contributed by atoms with Crippen LogP contribution >= 0.6 is 15.9 Å². The van der Waals surface area contributed by atoms with E-state index in [0.717, 1.165) is 42.0 Å². The smallest absolute Gasteiger partial charge is 0.0777 e. The van der Waals surface area contributed by atoms with Crippen LogP contribution in [0.15, 0.2) is 46.9 Å². The minimum absolute atomic E-state index is 0.236. The summed E-state index contributed by atoms with van der Waals surface area (Å²) in [4.78, 5) is 7.29. The molecule has 0 amide bonds. The van der Waals surface area contributed by atoms with Crippen LogP contribution in [0.5, 0.6) is 0 Å². The number of benzene rings is 1. The van der Waals surface area contributed by atoms with Crippen molar-refractivity contribution in [2.45, 2.75) is 13.0 Å². The zero-order valence-electron chi connectivity index (χ0n) is 12.2. The van der Waals surface area contributed by atoms with Gasteiger partial charge in [-0.25, -0.2) is 0 Å². The second-order valence-corrected chi connectivity index (χ2v) is 6.36. The maximum atomic E-state index is 4.77. The molecule has 1 N–H and O–H groups in total. The molecule has 2 aromatic rings. The molecule has 1 aromatic carbocycles. The van der Waals surface area contributed by atoms with Crippen molar-refractivity contribution in [1.29, 1.82) is 0 Å². The lowest BCUT2D eigenvalue weighted by Crippen LogP contribution is -2.45. The molecule has 0 spiro atoms. The average molecular weight is 346 g/mol. The van der Waals surface area contributed by atoms with Crippen molar-refractivity contribution in [3.05, 3.63) is 63.9 Å². The number of nitrogens with zero attached hydrogens (tertiary/aromatic N) is 2. The molecule has 3 nitrogen and oxygen atoms in total. The molecule has 1 saturated heterocycles. The van der Waals surface area contributed by atoms with Gasteiger partial charge in [0.25, 0.3) is 0 Å². The molecule has 1 aliphatic heterocycles. The van der Waals surface area contributed by atoms with Gasteiger partial charge in [0.15, 0.2) is 0 Å². The molecular weight excluding hydrogens is 326 g/mol. The molecule has 4 heteroatoms. The molecule has 110 valence electrons. The summed E-state index contributed by atoms with van der Waals surface area (Å²) in [5.74, 6) is 0. The maximum absolute atomic E-state index is 4.77. The number of aryl methyl sites for hydroxylation is 1. The fraction of sp³-hybridized carbons (Fsp3) is 0.353. The predicted octanol–water partition coefficient (Wildman–Crippen LogP) is 3.15. The Hall–Kier alpha value is -1.23. The first-order valence-corrected chi connectivity index (χ1v) is 8.17. The van der Waals surface area contributed by atoms with Crippen LogP contribution in [0.25, 0.3) is 0 Å². The van der Waals surface area contributed by atoms with Crippen LogP contribution < -0.4 is 5.32 Å². The molecule has 0 aliphatic carbocycles. The lowest BCUT2D eigenvalue weighted by molar-refractivity contribution is 0.195. The van der Waals surface area contributed by atoms with E-state index in [2.05, 4.69) is 75.5 Å². The van der Waals surface area contributed by atoms with Gasteiger partial charge >= 0.3 is 0 Å². The molecule has 1 atom stereocenters. The van der Waals surface area contributed by atoms with Crippen molar-refractivity contribution in [3.63, 3.8) is 0 Å². The third-order valence-corrected chi connectivity index (χ3v) is 4.42. The number of halogens is 1. The molecule has 1 fully saturated rings. The van der Waals surface area contributed by atoms with E-state index >= 15 is 0 Å². The van der Waals surface area contributed by atoms with E-state index in [1.54, 1.807) is 0 Å². The van der Waals surface area contributed by atoms with Gasteiger partial charge in [0, 0.05) is 36.3 Å². The van der Waals surface area contributed by atoms with Gasteiger partial charge in [0.2, 0.25) is 0 Å². The van der Waals surface area contributed by atoms with Crippen LogP contribution in [0.2, 0.25) is 0 Å². The van der Waals surface area contributed by atoms with Crippen LogP contribution in [-0.4, -0.2) is 36.1 Å². The highest BCUT2D eigenvalue weighted by molar-refractivity contribution is 9.10. The van der Waals surface area contributed by atoms with Gasteiger partial charge in [0.1, 0.15) is 0 Å². The minimum Gasteiger partial charge on any atom is -0.314 e. The van der Waals surface area contributed by atoms with Crippen LogP contribution in [0.3, 0.4) is 0 Å². The van der Waals surface area contributed by atoms with Crippen molar-refractivity contribution >= 4 is 15.9 Å².